The van der Waals surface area contributed by atoms with Gasteiger partial charge >= 0.3 is 0 Å². The van der Waals surface area contributed by atoms with Crippen molar-refractivity contribution < 1.29 is 9.53 Å². The van der Waals surface area contributed by atoms with Crippen LogP contribution < -0.4 is 10.1 Å². The molecule has 0 atom stereocenters. The van der Waals surface area contributed by atoms with Gasteiger partial charge in [-0.2, -0.15) is 5.26 Å². The summed E-state index contributed by atoms with van der Waals surface area (Å²) in [4.78, 5) is 11.5. The topological polar surface area (TPSA) is 67.1 Å². The first-order chi connectivity index (χ1) is 13.6. The summed E-state index contributed by atoms with van der Waals surface area (Å²) in [5.41, 5.74) is 3.74. The molecule has 1 N–H and O–H groups in total. The molecule has 0 aliphatic rings. The molecule has 0 saturated carbocycles. The van der Waals surface area contributed by atoms with Gasteiger partial charge in [0.25, 0.3) is 0 Å². The molecule has 28 heavy (non-hydrogen) atoms. The van der Waals surface area contributed by atoms with E-state index in [1.54, 1.807) is 7.11 Å². The Hall–Kier alpha value is -3.70. The molecule has 5 nitrogen and oxygen atoms in total. The van der Waals surface area contributed by atoms with Gasteiger partial charge in [0, 0.05) is 35.7 Å². The lowest BCUT2D eigenvalue weighted by atomic mass is 10.1. The average molecular weight is 371 g/mol. The van der Waals surface area contributed by atoms with Crippen LogP contribution in [0.2, 0.25) is 0 Å². The van der Waals surface area contributed by atoms with E-state index in [1.165, 1.54) is 0 Å². The third kappa shape index (κ3) is 3.70. The maximum absolute atomic E-state index is 11.5. The van der Waals surface area contributed by atoms with E-state index in [-0.39, 0.29) is 5.91 Å². The molecule has 0 radical (unpaired) electrons. The van der Waals surface area contributed by atoms with Crippen LogP contribution in [0.4, 0.5) is 5.69 Å². The highest BCUT2D eigenvalue weighted by atomic mass is 16.5. The van der Waals surface area contributed by atoms with Crippen molar-refractivity contribution in [2.75, 3.05) is 12.4 Å². The van der Waals surface area contributed by atoms with Crippen molar-refractivity contribution in [3.63, 3.8) is 0 Å². The van der Waals surface area contributed by atoms with E-state index in [0.29, 0.717) is 24.2 Å². The smallest absolute Gasteiger partial charge is 0.224 e. The van der Waals surface area contributed by atoms with E-state index < -0.39 is 0 Å². The van der Waals surface area contributed by atoms with Crippen molar-refractivity contribution in [3.8, 4) is 23.7 Å². The Morgan fingerprint density at radius 2 is 1.89 bits per heavy atom. The molecule has 140 valence electrons. The molecule has 2 aromatic carbocycles. The second-order valence-corrected chi connectivity index (χ2v) is 6.19. The van der Waals surface area contributed by atoms with E-state index in [4.69, 9.17) is 4.74 Å². The molecule has 3 rings (SSSR count). The maximum atomic E-state index is 11.5. The Balaban J connectivity index is 2.01. The first kappa shape index (κ1) is 19.1. The number of methoxy groups -OCH3 is 1. The number of amides is 1. The van der Waals surface area contributed by atoms with Crippen molar-refractivity contribution in [1.82, 2.24) is 4.57 Å². The third-order valence-corrected chi connectivity index (χ3v) is 4.51. The summed E-state index contributed by atoms with van der Waals surface area (Å²) in [6, 6.07) is 15.3. The van der Waals surface area contributed by atoms with E-state index in [9.17, 15) is 10.1 Å². The molecule has 1 aromatic heterocycles. The summed E-state index contributed by atoms with van der Waals surface area (Å²) in [5, 5.41) is 13.4. The molecule has 1 heterocycles. The molecule has 0 spiro atoms. The number of anilines is 1. The minimum atomic E-state index is -0.0274. The molecule has 0 unspecified atom stereocenters. The quantitative estimate of drug-likeness (QED) is 0.696. The van der Waals surface area contributed by atoms with Crippen molar-refractivity contribution >= 4 is 22.5 Å². The Morgan fingerprint density at radius 3 is 2.50 bits per heavy atom. The van der Waals surface area contributed by atoms with Crippen LogP contribution >= 0.6 is 0 Å². The summed E-state index contributed by atoms with van der Waals surface area (Å²) < 4.78 is 7.35. The number of carbonyl (C=O) groups is 1. The molecule has 0 aliphatic heterocycles. The highest BCUT2D eigenvalue weighted by Gasteiger charge is 2.15. The monoisotopic (exact) mass is 371 g/mol. The molecule has 0 fully saturated rings. The van der Waals surface area contributed by atoms with Gasteiger partial charge in [0.1, 0.15) is 17.5 Å². The highest BCUT2D eigenvalue weighted by molar-refractivity contribution is 5.91. The molecule has 3 aromatic rings. The number of benzene rings is 2. The average Bonchev–Trinajstić information content (AvgIpc) is 3.04. The van der Waals surface area contributed by atoms with Crippen molar-refractivity contribution in [1.29, 1.82) is 5.26 Å². The number of nitrogens with one attached hydrogen (secondary N) is 1. The van der Waals surface area contributed by atoms with Crippen LogP contribution in [0.5, 0.6) is 5.75 Å². The van der Waals surface area contributed by atoms with Crippen molar-refractivity contribution in [2.24, 2.45) is 0 Å². The first-order valence-electron chi connectivity index (χ1n) is 9.13. The zero-order valence-corrected chi connectivity index (χ0v) is 16.2. The number of hydrogen-bond acceptors (Lipinski definition) is 3. The van der Waals surface area contributed by atoms with Gasteiger partial charge in [-0.05, 0) is 49.2 Å². The first-order valence-corrected chi connectivity index (χ1v) is 9.13. The second kappa shape index (κ2) is 8.33. The fourth-order valence-electron chi connectivity index (χ4n) is 3.05. The van der Waals surface area contributed by atoms with Crippen LogP contribution in [0.1, 0.15) is 37.1 Å². The largest absolute Gasteiger partial charge is 0.497 e. The van der Waals surface area contributed by atoms with Crippen LogP contribution in [-0.4, -0.2) is 17.6 Å². The van der Waals surface area contributed by atoms with Crippen LogP contribution in [0.15, 0.2) is 42.5 Å². The number of carbonyl (C=O) groups excluding carboxylic acids is 1. The van der Waals surface area contributed by atoms with Gasteiger partial charge in [-0.25, -0.2) is 0 Å². The number of rotatable bonds is 4. The van der Waals surface area contributed by atoms with Gasteiger partial charge in [0.2, 0.25) is 5.91 Å². The minimum Gasteiger partial charge on any atom is -0.497 e. The van der Waals surface area contributed by atoms with Gasteiger partial charge in [-0.1, -0.05) is 12.8 Å². The van der Waals surface area contributed by atoms with Crippen LogP contribution in [0.25, 0.3) is 10.9 Å². The van der Waals surface area contributed by atoms with Crippen LogP contribution in [0, 0.1) is 23.2 Å². The van der Waals surface area contributed by atoms with Crippen molar-refractivity contribution in [2.45, 2.75) is 26.8 Å². The van der Waals surface area contributed by atoms with E-state index >= 15 is 0 Å². The standard InChI is InChI=1S/C23H21N3O2/c1-4-23(27)25-17-9-6-16(7-10-17)8-13-21-20(15-24)19-12-11-18(28-3)14-22(19)26(21)5-2/h6-7,9-12,14H,4-5H2,1-3H3,(H,25,27). The number of nitrogens with zero attached hydrogens (tertiary/aromatic N) is 2. The second-order valence-electron chi connectivity index (χ2n) is 6.19. The lowest BCUT2D eigenvalue weighted by molar-refractivity contribution is -0.115. The Morgan fingerprint density at radius 1 is 1.14 bits per heavy atom. The fraction of sp³-hybridized carbons (Fsp3) is 0.217. The molecule has 1 amide bonds. The van der Waals surface area contributed by atoms with E-state index in [2.05, 4.69) is 23.2 Å². The van der Waals surface area contributed by atoms with Gasteiger partial charge < -0.3 is 14.6 Å². The van der Waals surface area contributed by atoms with Crippen LogP contribution in [0.3, 0.4) is 0 Å². The lowest BCUT2D eigenvalue weighted by Crippen LogP contribution is -2.09. The number of aryl methyl sites for hydroxylation is 1. The number of aromatic nitrogens is 1. The fourth-order valence-corrected chi connectivity index (χ4v) is 3.05. The normalized spacial score (nSPS) is 10.1. The number of nitriles is 1. The summed E-state index contributed by atoms with van der Waals surface area (Å²) in [6.45, 7) is 4.53. The van der Waals surface area contributed by atoms with Gasteiger partial charge in [0.05, 0.1) is 18.2 Å². The lowest BCUT2D eigenvalue weighted by Gasteiger charge is -2.05. The summed E-state index contributed by atoms with van der Waals surface area (Å²) in [6.07, 6.45) is 0.435. The number of ether oxygens (including phenoxy) is 1. The number of fused-ring (bicyclic) bond motifs is 1. The van der Waals surface area contributed by atoms with Gasteiger partial charge in [-0.3, -0.25) is 4.79 Å². The molecular formula is C23H21N3O2. The van der Waals surface area contributed by atoms with E-state index in [0.717, 1.165) is 27.9 Å². The predicted octanol–water partition coefficient (Wildman–Crippen LogP) is 4.29. The Bertz CT molecular complexity index is 1120. The molecule has 5 heteroatoms. The van der Waals surface area contributed by atoms with Crippen LogP contribution in [-0.2, 0) is 11.3 Å². The van der Waals surface area contributed by atoms with E-state index in [1.807, 2.05) is 60.9 Å². The third-order valence-electron chi connectivity index (χ3n) is 4.51. The Labute approximate surface area is 164 Å². The SMILES string of the molecule is CCC(=O)Nc1ccc(C#Cc2c(C#N)c3ccc(OC)cc3n2CC)cc1. The molecule has 0 saturated heterocycles. The summed E-state index contributed by atoms with van der Waals surface area (Å²) in [5.74, 6) is 7.01. The molecule has 0 aliphatic carbocycles. The highest BCUT2D eigenvalue weighted by Crippen LogP contribution is 2.28. The van der Waals surface area contributed by atoms with Gasteiger partial charge in [-0.15, -0.1) is 0 Å². The maximum Gasteiger partial charge on any atom is 0.224 e. The Kier molecular flexibility index (Phi) is 5.67. The summed E-state index contributed by atoms with van der Waals surface area (Å²) in [7, 11) is 1.62. The number of hydrogen-bond donors (Lipinski definition) is 1. The molecule has 0 bridgehead atoms. The summed E-state index contributed by atoms with van der Waals surface area (Å²) >= 11 is 0. The molecular weight excluding hydrogens is 350 g/mol. The zero-order valence-electron chi connectivity index (χ0n) is 16.2. The van der Waals surface area contributed by atoms with Gasteiger partial charge in [0.15, 0.2) is 0 Å². The minimum absolute atomic E-state index is 0.0274. The zero-order chi connectivity index (χ0) is 20.1. The van der Waals surface area contributed by atoms with Crippen molar-refractivity contribution in [3.05, 3.63) is 59.3 Å². The predicted molar refractivity (Wildman–Crippen MR) is 110 cm³/mol.